The molecule has 0 heterocycles. The van der Waals surface area contributed by atoms with Crippen molar-refractivity contribution in [1.82, 2.24) is 14.7 Å². The Hall–Kier alpha value is -5.42. The molecular weight excluding hydrogens is 662 g/mol. The normalized spacial score (nSPS) is 10.8. The van der Waals surface area contributed by atoms with Crippen LogP contribution in [0.4, 0.5) is 9.59 Å². The smallest absolute Gasteiger partial charge is 0.410 e. The molecule has 0 N–H and O–H groups in total. The second-order valence-corrected chi connectivity index (χ2v) is 12.5. The average molecular weight is 714 g/mol. The van der Waals surface area contributed by atoms with Crippen molar-refractivity contribution in [1.29, 1.82) is 0 Å². The predicted molar refractivity (Wildman–Crippen MR) is 200 cm³/mol. The Labute approximate surface area is 307 Å². The highest BCUT2D eigenvalue weighted by Gasteiger charge is 2.21. The molecule has 4 rings (SSSR count). The molecule has 0 spiro atoms. The number of carbonyl (C=O) groups is 2. The summed E-state index contributed by atoms with van der Waals surface area (Å²) in [6.07, 6.45) is 0.250. The number of methoxy groups -OCH3 is 4. The van der Waals surface area contributed by atoms with Crippen LogP contribution < -0.4 is 18.9 Å². The molecule has 0 unspecified atom stereocenters. The molecule has 0 aliphatic rings. The van der Waals surface area contributed by atoms with Crippen molar-refractivity contribution in [2.75, 3.05) is 55.7 Å². The number of amides is 2. The molecule has 0 bridgehead atoms. The van der Waals surface area contributed by atoms with E-state index in [9.17, 15) is 9.59 Å². The molecule has 11 heteroatoms. The maximum absolute atomic E-state index is 13.5. The zero-order valence-corrected chi connectivity index (χ0v) is 31.1. The topological polar surface area (TPSA) is 99.2 Å². The molecular formula is C41H51N3O8. The van der Waals surface area contributed by atoms with Crippen LogP contribution in [0.5, 0.6) is 23.0 Å². The van der Waals surface area contributed by atoms with Crippen molar-refractivity contribution >= 4 is 12.2 Å². The average Bonchev–Trinajstić information content (AvgIpc) is 3.16. The minimum Gasteiger partial charge on any atom is -0.497 e. The van der Waals surface area contributed by atoms with Crippen molar-refractivity contribution in [2.24, 2.45) is 0 Å². The summed E-state index contributed by atoms with van der Waals surface area (Å²) < 4.78 is 33.2. The Morgan fingerprint density at radius 3 is 1.04 bits per heavy atom. The van der Waals surface area contributed by atoms with Crippen LogP contribution in [-0.4, -0.2) is 88.7 Å². The van der Waals surface area contributed by atoms with E-state index in [-0.39, 0.29) is 19.3 Å². The lowest BCUT2D eigenvalue weighted by molar-refractivity contribution is 0.0757. The van der Waals surface area contributed by atoms with Gasteiger partial charge in [0.2, 0.25) is 0 Å². The largest absolute Gasteiger partial charge is 0.497 e. The summed E-state index contributed by atoms with van der Waals surface area (Å²) in [4.78, 5) is 32.4. The predicted octanol–water partition coefficient (Wildman–Crippen LogP) is 7.41. The molecule has 0 radical (unpaired) electrons. The SMILES string of the molecule is COc1cccc(CN(Cc2cccc(OC)c2)C(=O)OCCC(CCOC(=O)N(Cc2cccc(OC)c2)Cc2cccc(OC)c2)N(C)C)c1. The number of carbonyl (C=O) groups excluding carboxylic acids is 2. The van der Waals surface area contributed by atoms with Gasteiger partial charge in [0.1, 0.15) is 23.0 Å². The molecule has 0 atom stereocenters. The summed E-state index contributed by atoms with van der Waals surface area (Å²) in [7, 11) is 10.4. The van der Waals surface area contributed by atoms with Gasteiger partial charge in [-0.05, 0) is 97.7 Å². The standard InChI is InChI=1S/C41H51N3O8/c1-42(2)35(19-21-51-40(45)43(27-31-11-7-15-36(23-31)47-3)28-32-12-8-16-37(24-32)48-4)20-22-52-41(46)44(29-33-13-9-17-38(25-33)49-5)30-34-14-10-18-39(26-34)50-6/h7-18,23-26,35H,19-22,27-30H2,1-6H3. The van der Waals surface area contributed by atoms with E-state index in [1.807, 2.05) is 111 Å². The maximum Gasteiger partial charge on any atom is 0.410 e. The van der Waals surface area contributed by atoms with Crippen LogP contribution in [-0.2, 0) is 35.7 Å². The first kappa shape index (κ1) is 39.4. The van der Waals surface area contributed by atoms with Gasteiger partial charge in [-0.1, -0.05) is 48.5 Å². The van der Waals surface area contributed by atoms with Crippen LogP contribution in [0, 0.1) is 0 Å². The Kier molecular flexibility index (Phi) is 15.5. The van der Waals surface area contributed by atoms with E-state index in [0.29, 0.717) is 62.0 Å². The molecule has 4 aromatic rings. The number of hydrogen-bond acceptors (Lipinski definition) is 9. The Bertz CT molecular complexity index is 1490. The quantitative estimate of drug-likeness (QED) is 0.0984. The van der Waals surface area contributed by atoms with Gasteiger partial charge in [0.25, 0.3) is 0 Å². The first-order chi connectivity index (χ1) is 25.2. The Morgan fingerprint density at radius 1 is 0.500 bits per heavy atom. The van der Waals surface area contributed by atoms with Gasteiger partial charge in [-0.25, -0.2) is 9.59 Å². The summed E-state index contributed by atoms with van der Waals surface area (Å²) in [6, 6.07) is 30.5. The van der Waals surface area contributed by atoms with Crippen molar-refractivity contribution in [2.45, 2.75) is 45.1 Å². The fourth-order valence-electron chi connectivity index (χ4n) is 5.74. The highest BCUT2D eigenvalue weighted by Crippen LogP contribution is 2.21. The number of rotatable bonds is 19. The molecule has 11 nitrogen and oxygen atoms in total. The third kappa shape index (κ3) is 12.4. The molecule has 2 amide bonds. The van der Waals surface area contributed by atoms with Gasteiger partial charge in [-0.15, -0.1) is 0 Å². The molecule has 0 aliphatic heterocycles. The van der Waals surface area contributed by atoms with Gasteiger partial charge in [-0.2, -0.15) is 0 Å². The molecule has 0 saturated heterocycles. The summed E-state index contributed by atoms with van der Waals surface area (Å²) in [5.74, 6) is 2.85. The molecule has 0 aliphatic carbocycles. The number of hydrogen-bond donors (Lipinski definition) is 0. The lowest BCUT2D eigenvalue weighted by Crippen LogP contribution is -2.35. The maximum atomic E-state index is 13.5. The third-order valence-electron chi connectivity index (χ3n) is 8.63. The van der Waals surface area contributed by atoms with Crippen LogP contribution >= 0.6 is 0 Å². The third-order valence-corrected chi connectivity index (χ3v) is 8.63. The Morgan fingerprint density at radius 2 is 0.788 bits per heavy atom. The summed E-state index contributed by atoms with van der Waals surface area (Å²) in [5.41, 5.74) is 3.66. The van der Waals surface area contributed by atoms with E-state index in [0.717, 1.165) is 22.3 Å². The zero-order valence-electron chi connectivity index (χ0n) is 31.1. The van der Waals surface area contributed by atoms with Gasteiger partial charge in [0, 0.05) is 32.2 Å². The molecule has 0 saturated carbocycles. The number of benzene rings is 4. The lowest BCUT2D eigenvalue weighted by Gasteiger charge is -2.27. The first-order valence-corrected chi connectivity index (χ1v) is 17.2. The van der Waals surface area contributed by atoms with Gasteiger partial charge < -0.3 is 33.3 Å². The van der Waals surface area contributed by atoms with Crippen molar-refractivity contribution < 1.29 is 38.0 Å². The zero-order chi connectivity index (χ0) is 37.3. The van der Waals surface area contributed by atoms with Gasteiger partial charge in [0.15, 0.2) is 0 Å². The fraction of sp³-hybridized carbons (Fsp3) is 0.366. The highest BCUT2D eigenvalue weighted by atomic mass is 16.6. The highest BCUT2D eigenvalue weighted by molar-refractivity contribution is 5.68. The van der Waals surface area contributed by atoms with E-state index >= 15 is 0 Å². The van der Waals surface area contributed by atoms with Crippen LogP contribution in [0.2, 0.25) is 0 Å². The molecule has 278 valence electrons. The fourth-order valence-corrected chi connectivity index (χ4v) is 5.74. The minimum absolute atomic E-state index is 0.00367. The van der Waals surface area contributed by atoms with E-state index in [2.05, 4.69) is 4.90 Å². The van der Waals surface area contributed by atoms with E-state index in [1.165, 1.54) is 0 Å². The van der Waals surface area contributed by atoms with Crippen LogP contribution in [0.1, 0.15) is 35.1 Å². The van der Waals surface area contributed by atoms with Crippen molar-refractivity contribution in [3.05, 3.63) is 119 Å². The second kappa shape index (κ2) is 20.4. The van der Waals surface area contributed by atoms with E-state index in [1.54, 1.807) is 38.2 Å². The second-order valence-electron chi connectivity index (χ2n) is 12.5. The molecule has 0 fully saturated rings. The molecule has 4 aromatic carbocycles. The Balaban J connectivity index is 1.36. The number of nitrogens with zero attached hydrogens (tertiary/aromatic N) is 3. The van der Waals surface area contributed by atoms with Crippen molar-refractivity contribution in [3.63, 3.8) is 0 Å². The van der Waals surface area contributed by atoms with Gasteiger partial charge >= 0.3 is 12.2 Å². The monoisotopic (exact) mass is 713 g/mol. The molecule has 52 heavy (non-hydrogen) atoms. The number of ether oxygens (including phenoxy) is 6. The van der Waals surface area contributed by atoms with Gasteiger partial charge in [-0.3, -0.25) is 9.80 Å². The van der Waals surface area contributed by atoms with Gasteiger partial charge in [0.05, 0.1) is 41.7 Å². The minimum atomic E-state index is -0.430. The van der Waals surface area contributed by atoms with E-state index < -0.39 is 12.2 Å². The molecule has 0 aromatic heterocycles. The van der Waals surface area contributed by atoms with Crippen LogP contribution in [0.15, 0.2) is 97.1 Å². The lowest BCUT2D eigenvalue weighted by atomic mass is 10.1. The first-order valence-electron chi connectivity index (χ1n) is 17.2. The van der Waals surface area contributed by atoms with Crippen molar-refractivity contribution in [3.8, 4) is 23.0 Å². The van der Waals surface area contributed by atoms with Crippen LogP contribution in [0.25, 0.3) is 0 Å². The summed E-state index contributed by atoms with van der Waals surface area (Å²) in [5, 5.41) is 0. The van der Waals surface area contributed by atoms with Crippen LogP contribution in [0.3, 0.4) is 0 Å². The summed E-state index contributed by atoms with van der Waals surface area (Å²) >= 11 is 0. The van der Waals surface area contributed by atoms with E-state index in [4.69, 9.17) is 28.4 Å². The summed E-state index contributed by atoms with van der Waals surface area (Å²) in [6.45, 7) is 1.73.